The maximum atomic E-state index is 6.58. The molecule has 0 atom stereocenters. The fourth-order valence-corrected chi connectivity index (χ4v) is 0.321. The molecule has 0 amide bonds. The Morgan fingerprint density at radius 2 is 1.33 bits per heavy atom. The molecular weight excluding hydrogens is 232 g/mol. The third kappa shape index (κ3) is 31.4. The molecule has 1 rings (SSSR count). The number of hydrogen-bond acceptors (Lipinski definition) is 0. The summed E-state index contributed by atoms with van der Waals surface area (Å²) in [4.78, 5) is 0. The van der Waals surface area contributed by atoms with E-state index in [1.54, 1.807) is 0 Å². The predicted octanol–water partition coefficient (Wildman–Crippen LogP) is -3.14. The summed E-state index contributed by atoms with van der Waals surface area (Å²) >= 11 is 0. The van der Waals surface area contributed by atoms with Crippen LogP contribution in [0.5, 0.6) is 0 Å². The molecule has 12 heavy (non-hydrogen) atoms. The van der Waals surface area contributed by atoms with Crippen LogP contribution in [-0.2, 0) is 18.6 Å². The molecule has 1 nitrogen and oxygen atoms in total. The predicted molar refractivity (Wildman–Crippen MR) is 41.5 cm³/mol. The van der Waals surface area contributed by atoms with Crippen LogP contribution in [0.2, 0.25) is 0 Å². The summed E-state index contributed by atoms with van der Waals surface area (Å²) in [5, 5.41) is 0. The smallest absolute Gasteiger partial charge is 1.00 e. The quantitative estimate of drug-likeness (QED) is 0.431. The van der Waals surface area contributed by atoms with Crippen molar-refractivity contribution >= 4 is 0 Å². The summed E-state index contributed by atoms with van der Waals surface area (Å²) in [6.45, 7) is 3.67. The monoisotopic (exact) mass is 244 g/mol. The van der Waals surface area contributed by atoms with Gasteiger partial charge in [-0.1, -0.05) is 13.8 Å². The molecule has 0 unspecified atom stereocenters. The van der Waals surface area contributed by atoms with E-state index < -0.39 is 0 Å². The zero-order chi connectivity index (χ0) is 7.11. The first-order valence-electron chi connectivity index (χ1n) is 3.11. The molecule has 0 saturated heterocycles. The van der Waals surface area contributed by atoms with E-state index in [0.717, 1.165) is 0 Å². The minimum absolute atomic E-state index is 0. The normalized spacial score (nSPS) is 6.33. The second kappa shape index (κ2) is 17.5. The number of nitrogens with one attached hydrogen (secondary N) is 1. The van der Waals surface area contributed by atoms with Crippen molar-refractivity contribution < 1.29 is 43.4 Å². The molecule has 0 aliphatic rings. The first kappa shape index (κ1) is 22.9. The van der Waals surface area contributed by atoms with Gasteiger partial charge in [-0.3, -0.25) is 0 Å². The van der Waals surface area contributed by atoms with Crippen molar-refractivity contribution in [1.82, 2.24) is 0 Å². The third-order valence-corrected chi connectivity index (χ3v) is 0.556. The molecule has 1 aromatic rings. The summed E-state index contributed by atoms with van der Waals surface area (Å²) in [6.07, 6.45) is 0. The largest absolute Gasteiger partial charge is 4.00 e. The summed E-state index contributed by atoms with van der Waals surface area (Å²) < 4.78 is 0. The van der Waals surface area contributed by atoms with Gasteiger partial charge in [0.1, 0.15) is 0 Å². The van der Waals surface area contributed by atoms with Gasteiger partial charge in [0.15, 0.2) is 0 Å². The van der Waals surface area contributed by atoms with Gasteiger partial charge >= 0.3 is 18.6 Å². The van der Waals surface area contributed by atoms with Gasteiger partial charge < -0.3 is 30.5 Å². The van der Waals surface area contributed by atoms with Crippen LogP contribution in [0.3, 0.4) is 0 Å². The zero-order valence-electron chi connectivity index (χ0n) is 7.17. The van der Waals surface area contributed by atoms with Gasteiger partial charge in [0, 0.05) is 0 Å². The molecule has 69 valence electrons. The first-order chi connectivity index (χ1) is 4.23. The molecule has 0 bridgehead atoms. The van der Waals surface area contributed by atoms with Gasteiger partial charge in [-0.25, -0.2) is 12.1 Å². The first-order valence-corrected chi connectivity index (χ1v) is 3.11. The summed E-state index contributed by atoms with van der Waals surface area (Å²) in [5.41, 5.74) is 6.58. The molecule has 4 heteroatoms. The SMILES string of the molecule is CC(C)[NH-].[Cl-].[Cl-].[V+4].c1cc[cH-]c1. The molecule has 0 aromatic heterocycles. The van der Waals surface area contributed by atoms with Crippen molar-refractivity contribution in [2.45, 2.75) is 19.9 Å². The van der Waals surface area contributed by atoms with Crippen LogP contribution in [0, 0.1) is 0 Å². The Hall–Kier alpha value is 0.474. The second-order valence-corrected chi connectivity index (χ2v) is 2.12. The van der Waals surface area contributed by atoms with Gasteiger partial charge in [0.2, 0.25) is 0 Å². The Kier molecular flexibility index (Phi) is 33.4. The maximum Gasteiger partial charge on any atom is 4.00 e. The molecule has 0 fully saturated rings. The van der Waals surface area contributed by atoms with E-state index in [-0.39, 0.29) is 49.4 Å². The van der Waals surface area contributed by atoms with E-state index in [0.29, 0.717) is 0 Å². The summed E-state index contributed by atoms with van der Waals surface area (Å²) in [6, 6.07) is 10.1. The second-order valence-electron chi connectivity index (χ2n) is 2.12. The number of hydrogen-bond donors (Lipinski definition) is 0. The van der Waals surface area contributed by atoms with E-state index in [9.17, 15) is 0 Å². The maximum absolute atomic E-state index is 6.58. The Balaban J connectivity index is -0.0000000436. The Labute approximate surface area is 99.2 Å². The molecule has 1 radical (unpaired) electrons. The van der Waals surface area contributed by atoms with Gasteiger partial charge in [-0.15, -0.1) is 6.04 Å². The minimum atomic E-state index is 0. The molecule has 0 aliphatic heterocycles. The fraction of sp³-hybridized carbons (Fsp3) is 0.375. The molecular formula is C8H13Cl2NV. The van der Waals surface area contributed by atoms with E-state index in [2.05, 4.69) is 0 Å². The average molecular weight is 245 g/mol. The van der Waals surface area contributed by atoms with Crippen LogP contribution >= 0.6 is 0 Å². The molecule has 1 aromatic carbocycles. The Morgan fingerprint density at radius 3 is 1.42 bits per heavy atom. The van der Waals surface area contributed by atoms with Crippen LogP contribution < -0.4 is 24.8 Å². The van der Waals surface area contributed by atoms with Crippen molar-refractivity contribution in [3.63, 3.8) is 0 Å². The van der Waals surface area contributed by atoms with Gasteiger partial charge in [0.05, 0.1) is 0 Å². The minimum Gasteiger partial charge on any atom is -1.00 e. The van der Waals surface area contributed by atoms with Crippen molar-refractivity contribution in [3.8, 4) is 0 Å². The Bertz CT molecular complexity index is 101. The van der Waals surface area contributed by atoms with Crippen LogP contribution in [0.15, 0.2) is 30.3 Å². The van der Waals surface area contributed by atoms with Gasteiger partial charge in [0.25, 0.3) is 0 Å². The van der Waals surface area contributed by atoms with Crippen molar-refractivity contribution in [1.29, 1.82) is 0 Å². The van der Waals surface area contributed by atoms with Crippen molar-refractivity contribution in [3.05, 3.63) is 36.1 Å². The van der Waals surface area contributed by atoms with Gasteiger partial charge in [-0.05, 0) is 0 Å². The Morgan fingerprint density at radius 1 is 1.08 bits per heavy atom. The number of rotatable bonds is 0. The zero-order valence-corrected chi connectivity index (χ0v) is 10.1. The fourth-order valence-electron chi connectivity index (χ4n) is 0.321. The van der Waals surface area contributed by atoms with E-state index in [4.69, 9.17) is 5.73 Å². The van der Waals surface area contributed by atoms with Crippen LogP contribution in [0.25, 0.3) is 5.73 Å². The van der Waals surface area contributed by atoms with Crippen LogP contribution in [0.4, 0.5) is 0 Å². The summed E-state index contributed by atoms with van der Waals surface area (Å²) in [5.74, 6) is 0. The van der Waals surface area contributed by atoms with E-state index in [1.165, 1.54) is 0 Å². The topological polar surface area (TPSA) is 23.8 Å². The van der Waals surface area contributed by atoms with Crippen molar-refractivity contribution in [2.75, 3.05) is 0 Å². The molecule has 0 heterocycles. The van der Waals surface area contributed by atoms with E-state index >= 15 is 0 Å². The average Bonchev–Trinajstić information content (AvgIpc) is 2.11. The van der Waals surface area contributed by atoms with Crippen LogP contribution in [-0.4, -0.2) is 6.04 Å². The molecule has 0 saturated carbocycles. The van der Waals surface area contributed by atoms with Crippen LogP contribution in [0.1, 0.15) is 13.8 Å². The van der Waals surface area contributed by atoms with E-state index in [1.807, 2.05) is 44.2 Å². The van der Waals surface area contributed by atoms with Gasteiger partial charge in [-0.2, -0.15) is 18.2 Å². The molecule has 0 spiro atoms. The third-order valence-electron chi connectivity index (χ3n) is 0.556. The van der Waals surface area contributed by atoms with Crippen molar-refractivity contribution in [2.24, 2.45) is 0 Å². The summed E-state index contributed by atoms with van der Waals surface area (Å²) in [7, 11) is 0. The number of halogens is 2. The molecule has 1 N–H and O–H groups in total. The molecule has 0 aliphatic carbocycles. The standard InChI is InChI=1S/C5H5.C3H8N.2ClH.V/c1-2-4-5-3-1;1-3(2)4;;;/h1-5H;3-4H,1-2H3;2*1H;/q2*-1;;;+4/p-2.